The van der Waals surface area contributed by atoms with Crippen LogP contribution in [0.2, 0.25) is 16.6 Å². The number of rotatable bonds is 15. The fraction of sp³-hybridized carbons (Fsp3) is 0.938. The molecule has 40 heavy (non-hydrogen) atoms. The first-order chi connectivity index (χ1) is 18.3. The summed E-state index contributed by atoms with van der Waals surface area (Å²) in [5, 5.41) is 3.06. The second kappa shape index (κ2) is 15.4. The quantitative estimate of drug-likeness (QED) is 0.155. The summed E-state index contributed by atoms with van der Waals surface area (Å²) in [6.07, 6.45) is 3.62. The molecule has 0 aromatic carbocycles. The molecule has 0 radical (unpaired) electrons. The van der Waals surface area contributed by atoms with Gasteiger partial charge >= 0.3 is 6.09 Å². The zero-order valence-corrected chi connectivity index (χ0v) is 29.5. The predicted molar refractivity (Wildman–Crippen MR) is 168 cm³/mol. The van der Waals surface area contributed by atoms with E-state index >= 15 is 0 Å². The van der Waals surface area contributed by atoms with Crippen molar-refractivity contribution in [1.82, 2.24) is 10.2 Å². The van der Waals surface area contributed by atoms with Crippen LogP contribution in [-0.4, -0.2) is 61.8 Å². The Morgan fingerprint density at radius 1 is 0.975 bits per heavy atom. The minimum Gasteiger partial charge on any atom is -0.444 e. The molecule has 1 saturated heterocycles. The molecule has 0 aliphatic carbocycles. The lowest BCUT2D eigenvalue weighted by Crippen LogP contribution is -2.51. The van der Waals surface area contributed by atoms with Crippen LogP contribution in [0.4, 0.5) is 4.79 Å². The second-order valence-electron chi connectivity index (χ2n) is 14.6. The monoisotopic (exact) mass is 584 g/mol. The van der Waals surface area contributed by atoms with Crippen molar-refractivity contribution >= 4 is 20.3 Å². The van der Waals surface area contributed by atoms with Gasteiger partial charge in [0.2, 0.25) is 5.91 Å². The number of hydrogen-bond acceptors (Lipinski definition) is 5. The van der Waals surface area contributed by atoms with Gasteiger partial charge in [0.25, 0.3) is 0 Å². The van der Waals surface area contributed by atoms with Crippen LogP contribution in [0.3, 0.4) is 0 Å². The molecule has 0 unspecified atom stereocenters. The van der Waals surface area contributed by atoms with Crippen molar-refractivity contribution in [2.24, 2.45) is 11.8 Å². The molecule has 0 aromatic rings. The highest BCUT2D eigenvalue weighted by Crippen LogP contribution is 2.43. The summed E-state index contributed by atoms with van der Waals surface area (Å²) in [5.41, 5.74) is 0.193. The van der Waals surface area contributed by atoms with Crippen molar-refractivity contribution < 1.29 is 23.5 Å². The van der Waals surface area contributed by atoms with E-state index in [0.717, 1.165) is 32.3 Å². The molecule has 0 bridgehead atoms. The maximum absolute atomic E-state index is 13.5. The van der Waals surface area contributed by atoms with Gasteiger partial charge in [-0.1, -0.05) is 68.7 Å². The largest absolute Gasteiger partial charge is 0.444 e. The number of amides is 2. The Morgan fingerprint density at radius 3 is 2.00 bits per heavy atom. The average Bonchev–Trinajstić information content (AvgIpc) is 3.03. The van der Waals surface area contributed by atoms with Crippen LogP contribution < -0.4 is 5.32 Å². The van der Waals surface area contributed by atoms with Crippen molar-refractivity contribution in [1.29, 1.82) is 0 Å². The molecule has 1 heterocycles. The number of ether oxygens (including phenoxy) is 2. The Morgan fingerprint density at radius 2 is 1.52 bits per heavy atom. The lowest BCUT2D eigenvalue weighted by atomic mass is 9.90. The topological polar surface area (TPSA) is 77.1 Å². The van der Waals surface area contributed by atoms with Crippen molar-refractivity contribution in [3.8, 4) is 0 Å². The Kier molecular flexibility index (Phi) is 14.2. The van der Waals surface area contributed by atoms with Gasteiger partial charge in [-0.25, -0.2) is 4.79 Å². The summed E-state index contributed by atoms with van der Waals surface area (Å²) in [7, 11) is -1.94. The van der Waals surface area contributed by atoms with E-state index in [1.165, 1.54) is 0 Å². The van der Waals surface area contributed by atoms with Crippen molar-refractivity contribution in [3.05, 3.63) is 0 Å². The number of nitrogens with zero attached hydrogens (tertiary/aromatic N) is 1. The molecule has 8 heteroatoms. The summed E-state index contributed by atoms with van der Waals surface area (Å²) >= 11 is 0. The van der Waals surface area contributed by atoms with E-state index in [-0.39, 0.29) is 30.1 Å². The van der Waals surface area contributed by atoms with Crippen LogP contribution in [0.1, 0.15) is 129 Å². The van der Waals surface area contributed by atoms with Gasteiger partial charge in [-0.2, -0.15) is 0 Å². The second-order valence-corrected chi connectivity index (χ2v) is 20.1. The lowest BCUT2D eigenvalue weighted by Gasteiger charge is -2.42. The van der Waals surface area contributed by atoms with Gasteiger partial charge in [0, 0.05) is 19.1 Å². The summed E-state index contributed by atoms with van der Waals surface area (Å²) in [4.78, 5) is 28.1. The standard InChI is InChI=1S/C32H64N2O5Si/c1-15-16-18-33-29(35)26(9)21-28-27(34(32(13,14)38-28)30(36)39-31(10,11)12)20-25(8)17-19-37-40(22(2)3,23(4)5)24(6)7/h22-28H,15-21H2,1-14H3,(H,33,35)/t25-,26-,27+,28+/m1/s1. The summed E-state index contributed by atoms with van der Waals surface area (Å²) in [5.74, 6) is 0.136. The van der Waals surface area contributed by atoms with E-state index in [2.05, 4.69) is 60.7 Å². The normalized spacial score (nSPS) is 21.3. The third-order valence-electron chi connectivity index (χ3n) is 8.55. The van der Waals surface area contributed by atoms with Crippen LogP contribution in [0.15, 0.2) is 0 Å². The van der Waals surface area contributed by atoms with Gasteiger partial charge in [-0.3, -0.25) is 9.69 Å². The predicted octanol–water partition coefficient (Wildman–Crippen LogP) is 8.28. The molecule has 1 aliphatic heterocycles. The Labute approximate surface area is 248 Å². The van der Waals surface area contributed by atoms with Gasteiger partial charge in [0.1, 0.15) is 11.3 Å². The van der Waals surface area contributed by atoms with Gasteiger partial charge < -0.3 is 19.2 Å². The van der Waals surface area contributed by atoms with Crippen molar-refractivity contribution in [3.63, 3.8) is 0 Å². The van der Waals surface area contributed by atoms with Crippen LogP contribution in [0.25, 0.3) is 0 Å². The van der Waals surface area contributed by atoms with Crippen LogP contribution in [-0.2, 0) is 18.7 Å². The Balaban J connectivity index is 3.12. The third kappa shape index (κ3) is 10.0. The number of nitrogens with one attached hydrogen (secondary N) is 1. The molecular weight excluding hydrogens is 520 g/mol. The molecule has 0 spiro atoms. The van der Waals surface area contributed by atoms with Gasteiger partial charge in [0.15, 0.2) is 8.32 Å². The van der Waals surface area contributed by atoms with E-state index in [9.17, 15) is 9.59 Å². The molecular formula is C32H64N2O5Si. The SMILES string of the molecule is CCCCNC(=O)[C@H](C)C[C@@H]1OC(C)(C)N(C(=O)OC(C)(C)C)[C@H]1C[C@H](C)CCO[Si](C(C)C)(C(C)C)C(C)C. The number of hydrogen-bond donors (Lipinski definition) is 1. The van der Waals surface area contributed by atoms with E-state index in [0.29, 0.717) is 35.5 Å². The molecule has 4 atom stereocenters. The molecule has 1 N–H and O–H groups in total. The van der Waals surface area contributed by atoms with Crippen LogP contribution in [0, 0.1) is 11.8 Å². The highest BCUT2D eigenvalue weighted by Gasteiger charge is 2.52. The zero-order valence-electron chi connectivity index (χ0n) is 28.5. The highest BCUT2D eigenvalue weighted by molar-refractivity contribution is 6.77. The average molecular weight is 585 g/mol. The maximum Gasteiger partial charge on any atom is 0.412 e. The first-order valence-electron chi connectivity index (χ1n) is 15.9. The zero-order chi connectivity index (χ0) is 31.1. The lowest BCUT2D eigenvalue weighted by molar-refractivity contribution is -0.126. The molecule has 2 amide bonds. The molecule has 1 rings (SSSR count). The van der Waals surface area contributed by atoms with Crippen molar-refractivity contribution in [2.75, 3.05) is 13.2 Å². The number of unbranched alkanes of at least 4 members (excludes halogenated alkanes) is 1. The van der Waals surface area contributed by atoms with Crippen LogP contribution in [0.5, 0.6) is 0 Å². The molecule has 236 valence electrons. The molecule has 1 fully saturated rings. The number of carbonyl (C=O) groups is 2. The van der Waals surface area contributed by atoms with Gasteiger partial charge in [-0.15, -0.1) is 0 Å². The summed E-state index contributed by atoms with van der Waals surface area (Å²) in [6.45, 7) is 31.1. The van der Waals surface area contributed by atoms with Gasteiger partial charge in [-0.05, 0) is 82.8 Å². The van der Waals surface area contributed by atoms with Gasteiger partial charge in [0.05, 0.1) is 12.1 Å². The molecule has 0 saturated carbocycles. The van der Waals surface area contributed by atoms with E-state index in [1.807, 2.05) is 41.5 Å². The Bertz CT molecular complexity index is 771. The molecule has 1 aliphatic rings. The summed E-state index contributed by atoms with van der Waals surface area (Å²) in [6, 6.07) is -0.187. The smallest absolute Gasteiger partial charge is 0.412 e. The third-order valence-corrected chi connectivity index (χ3v) is 14.7. The summed E-state index contributed by atoms with van der Waals surface area (Å²) < 4.78 is 19.2. The first kappa shape index (κ1) is 36.9. The van der Waals surface area contributed by atoms with E-state index in [1.54, 1.807) is 4.90 Å². The minimum atomic E-state index is -1.94. The van der Waals surface area contributed by atoms with Crippen molar-refractivity contribution in [2.45, 2.75) is 169 Å². The number of carbonyl (C=O) groups excluding carboxylic acids is 2. The fourth-order valence-electron chi connectivity index (χ4n) is 6.69. The highest BCUT2D eigenvalue weighted by atomic mass is 28.4. The first-order valence-corrected chi connectivity index (χ1v) is 18.1. The molecule has 7 nitrogen and oxygen atoms in total. The Hall–Kier alpha value is -1.12. The maximum atomic E-state index is 13.5. The molecule has 0 aromatic heterocycles. The van der Waals surface area contributed by atoms with E-state index < -0.39 is 19.6 Å². The fourth-order valence-corrected chi connectivity index (χ4v) is 12.2. The minimum absolute atomic E-state index is 0.0446. The van der Waals surface area contributed by atoms with Crippen LogP contribution >= 0.6 is 0 Å². The van der Waals surface area contributed by atoms with E-state index in [4.69, 9.17) is 13.9 Å².